The number of nitrogens with one attached hydrogen (secondary N) is 1. The van der Waals surface area contributed by atoms with E-state index >= 15 is 0 Å². The fraction of sp³-hybridized carbons (Fsp3) is 0.290. The van der Waals surface area contributed by atoms with Crippen LogP contribution in [0, 0.1) is 6.92 Å². The molecule has 2 amide bonds. The normalized spacial score (nSPS) is 14.8. The largest absolute Gasteiger partial charge is 0.586 e. The molecule has 0 radical (unpaired) electrons. The monoisotopic (exact) mass is 734 g/mol. The predicted octanol–water partition coefficient (Wildman–Crippen LogP) is 5.38. The number of fused-ring (bicyclic) bond motifs is 2. The maximum atomic E-state index is 14.8. The number of primary amides is 1. The summed E-state index contributed by atoms with van der Waals surface area (Å²) in [5.41, 5.74) is -1.97. The second-order valence-electron chi connectivity index (χ2n) is 11.0. The van der Waals surface area contributed by atoms with E-state index in [-0.39, 0.29) is 16.5 Å². The highest BCUT2D eigenvalue weighted by molar-refractivity contribution is 6.00. The quantitative estimate of drug-likeness (QED) is 0.163. The highest BCUT2D eigenvalue weighted by Gasteiger charge is 2.57. The minimum Gasteiger partial charge on any atom is -0.485 e. The van der Waals surface area contributed by atoms with E-state index in [4.69, 9.17) is 10.5 Å². The molecule has 0 bridgehead atoms. The Morgan fingerprint density at radius 1 is 1.04 bits per heavy atom. The number of nitrogens with two attached hydrogens (primary N) is 1. The number of nitrogens with zero attached hydrogens (tertiary/aromatic N) is 2. The molecular weight excluding hydrogens is 711 g/mol. The molecule has 51 heavy (non-hydrogen) atoms. The van der Waals surface area contributed by atoms with Gasteiger partial charge in [0.05, 0.1) is 18.7 Å². The molecule has 20 heteroatoms. The average Bonchev–Trinajstić information content (AvgIpc) is 3.33. The Kier molecular flexibility index (Phi) is 9.83. The number of carbonyl (C=O) groups excluding carboxylic acids is 2. The Hall–Kier alpha value is -5.53. The SMILES string of the molecule is Cc1cnc2c(OC(F)F)cc(C(=O)NC[C@](O)(c3cc(CC(N)=O)c(OCC(F)F)c(-c4ccc5c(c4)OC(F)(F)O5)n3)C(F)(F)F)cc2c1. The van der Waals surface area contributed by atoms with Crippen molar-refractivity contribution >= 4 is 22.7 Å². The van der Waals surface area contributed by atoms with Gasteiger partial charge in [-0.15, -0.1) is 8.78 Å². The van der Waals surface area contributed by atoms with Crippen LogP contribution in [0.4, 0.5) is 39.5 Å². The Labute approximate surface area is 280 Å². The Morgan fingerprint density at radius 3 is 2.39 bits per heavy atom. The molecule has 1 aliphatic rings. The minimum atomic E-state index is -5.68. The number of halogens is 9. The van der Waals surface area contributed by atoms with Crippen LogP contribution < -0.4 is 30.0 Å². The highest BCUT2D eigenvalue weighted by atomic mass is 19.4. The van der Waals surface area contributed by atoms with Gasteiger partial charge in [0.25, 0.3) is 12.3 Å². The van der Waals surface area contributed by atoms with E-state index in [1.165, 1.54) is 12.3 Å². The van der Waals surface area contributed by atoms with Gasteiger partial charge in [0, 0.05) is 28.3 Å². The van der Waals surface area contributed by atoms with E-state index in [2.05, 4.69) is 24.2 Å². The number of aryl methyl sites for hydroxylation is 1. The third kappa shape index (κ3) is 7.95. The van der Waals surface area contributed by atoms with Crippen LogP contribution in [0.15, 0.2) is 48.7 Å². The number of benzene rings is 2. The van der Waals surface area contributed by atoms with Crippen LogP contribution in [0.1, 0.15) is 27.2 Å². The summed E-state index contributed by atoms with van der Waals surface area (Å²) in [6.07, 6.45) is -12.6. The van der Waals surface area contributed by atoms with E-state index in [9.17, 15) is 54.2 Å². The molecule has 1 atom stereocenters. The van der Waals surface area contributed by atoms with Crippen LogP contribution in [-0.2, 0) is 16.8 Å². The van der Waals surface area contributed by atoms with Crippen molar-refractivity contribution in [3.63, 3.8) is 0 Å². The van der Waals surface area contributed by atoms with Crippen molar-refractivity contribution < 1.29 is 73.2 Å². The van der Waals surface area contributed by atoms with Crippen LogP contribution in [0.2, 0.25) is 0 Å². The number of aromatic nitrogens is 2. The lowest BCUT2D eigenvalue weighted by Gasteiger charge is -2.31. The molecule has 0 saturated heterocycles. The minimum absolute atomic E-state index is 0.0932. The summed E-state index contributed by atoms with van der Waals surface area (Å²) in [4.78, 5) is 32.9. The van der Waals surface area contributed by atoms with Gasteiger partial charge < -0.3 is 35.1 Å². The van der Waals surface area contributed by atoms with E-state index in [1.807, 2.05) is 5.32 Å². The van der Waals surface area contributed by atoms with Gasteiger partial charge in [0.2, 0.25) is 11.5 Å². The molecule has 0 aliphatic carbocycles. The van der Waals surface area contributed by atoms with Gasteiger partial charge in [-0.05, 0) is 55.0 Å². The Bertz CT molecular complexity index is 2000. The fourth-order valence-electron chi connectivity index (χ4n) is 5.01. The molecule has 5 rings (SSSR count). The first-order valence-electron chi connectivity index (χ1n) is 14.3. The summed E-state index contributed by atoms with van der Waals surface area (Å²) in [6.45, 7) is -4.85. The second-order valence-corrected chi connectivity index (χ2v) is 11.0. The van der Waals surface area contributed by atoms with Gasteiger partial charge in [-0.2, -0.15) is 22.0 Å². The summed E-state index contributed by atoms with van der Waals surface area (Å²) >= 11 is 0. The van der Waals surface area contributed by atoms with E-state index in [0.29, 0.717) is 11.6 Å². The Morgan fingerprint density at radius 2 is 1.75 bits per heavy atom. The standard InChI is InChI=1S/C31H23F9N4O7/c1-13-4-15-5-17(7-20(49-28(34)35)24(15)42-10-13)27(46)43-12-29(47,30(36,37)38)21-8-16(9-23(41)45)26(48-11-22(32)33)25(44-21)14-2-3-18-19(6-14)51-31(39,40)50-18/h2-8,10,22,28,47H,9,11-12H2,1H3,(H2,41,45)(H,43,46)/t29-/m0/s1. The van der Waals surface area contributed by atoms with E-state index < -0.39 is 108 Å². The lowest BCUT2D eigenvalue weighted by atomic mass is 9.93. The molecule has 0 unspecified atom stereocenters. The zero-order valence-electron chi connectivity index (χ0n) is 25.7. The van der Waals surface area contributed by atoms with Crippen LogP contribution in [0.3, 0.4) is 0 Å². The second kappa shape index (κ2) is 13.6. The van der Waals surface area contributed by atoms with Gasteiger partial charge in [0.1, 0.15) is 23.6 Å². The first-order valence-corrected chi connectivity index (χ1v) is 14.3. The summed E-state index contributed by atoms with van der Waals surface area (Å²) in [6, 6.07) is 6.50. The van der Waals surface area contributed by atoms with E-state index in [0.717, 1.165) is 30.3 Å². The molecule has 1 aliphatic heterocycles. The molecule has 4 aromatic rings. The van der Waals surface area contributed by atoms with Gasteiger partial charge in [-0.3, -0.25) is 14.6 Å². The van der Waals surface area contributed by atoms with Crippen molar-refractivity contribution in [2.24, 2.45) is 5.73 Å². The van der Waals surface area contributed by atoms with Gasteiger partial charge in [-0.1, -0.05) is 0 Å². The van der Waals surface area contributed by atoms with Crippen LogP contribution in [-0.4, -0.2) is 65.5 Å². The van der Waals surface area contributed by atoms with Gasteiger partial charge in [-0.25, -0.2) is 13.8 Å². The van der Waals surface area contributed by atoms with Crippen LogP contribution in [0.25, 0.3) is 22.2 Å². The fourth-order valence-corrected chi connectivity index (χ4v) is 5.01. The highest BCUT2D eigenvalue weighted by Crippen LogP contribution is 2.46. The third-order valence-corrected chi connectivity index (χ3v) is 7.20. The average molecular weight is 735 g/mol. The summed E-state index contributed by atoms with van der Waals surface area (Å²) in [7, 11) is 0. The number of amides is 2. The van der Waals surface area contributed by atoms with Crippen molar-refractivity contribution in [2.45, 2.75) is 44.5 Å². The maximum Gasteiger partial charge on any atom is 0.586 e. The topological polar surface area (TPSA) is 155 Å². The number of ether oxygens (including phenoxy) is 4. The van der Waals surface area contributed by atoms with E-state index in [1.54, 1.807) is 6.92 Å². The summed E-state index contributed by atoms with van der Waals surface area (Å²) < 4.78 is 143. The molecule has 0 fully saturated rings. The summed E-state index contributed by atoms with van der Waals surface area (Å²) in [5, 5.41) is 13.2. The molecule has 0 spiro atoms. The number of pyridine rings is 2. The molecule has 0 saturated carbocycles. The number of hydrogen-bond donors (Lipinski definition) is 3. The zero-order valence-corrected chi connectivity index (χ0v) is 25.7. The molecule has 4 N–H and O–H groups in total. The number of aliphatic hydroxyl groups is 1. The van der Waals surface area contributed by atoms with Crippen molar-refractivity contribution in [3.8, 4) is 34.3 Å². The molecule has 272 valence electrons. The van der Waals surface area contributed by atoms with Crippen molar-refractivity contribution in [1.29, 1.82) is 0 Å². The van der Waals surface area contributed by atoms with Crippen LogP contribution >= 0.6 is 0 Å². The molecular formula is C31H23F9N4O7. The number of rotatable bonds is 12. The zero-order chi connectivity index (χ0) is 37.5. The van der Waals surface area contributed by atoms with Gasteiger partial charge >= 0.3 is 19.1 Å². The van der Waals surface area contributed by atoms with Gasteiger partial charge in [0.15, 0.2) is 17.2 Å². The predicted molar refractivity (Wildman–Crippen MR) is 156 cm³/mol. The van der Waals surface area contributed by atoms with Crippen molar-refractivity contribution in [3.05, 3.63) is 71.0 Å². The third-order valence-electron chi connectivity index (χ3n) is 7.20. The molecule has 11 nitrogen and oxygen atoms in total. The van der Waals surface area contributed by atoms with Crippen molar-refractivity contribution in [2.75, 3.05) is 13.2 Å². The maximum absolute atomic E-state index is 14.8. The molecule has 3 heterocycles. The number of alkyl halides is 9. The lowest BCUT2D eigenvalue weighted by molar-refractivity contribution is -0.286. The summed E-state index contributed by atoms with van der Waals surface area (Å²) in [5.74, 6) is -4.96. The first-order chi connectivity index (χ1) is 23.8. The van der Waals surface area contributed by atoms with Crippen molar-refractivity contribution in [1.82, 2.24) is 15.3 Å². The lowest BCUT2D eigenvalue weighted by Crippen LogP contribution is -2.51. The first kappa shape index (κ1) is 36.7. The molecule has 2 aromatic carbocycles. The smallest absolute Gasteiger partial charge is 0.485 e. The Balaban J connectivity index is 1.60. The molecule has 2 aromatic heterocycles. The number of carbonyl (C=O) groups is 2. The van der Waals surface area contributed by atoms with Crippen LogP contribution in [0.5, 0.6) is 23.0 Å². The number of hydrogen-bond acceptors (Lipinski definition) is 9.